The van der Waals surface area contributed by atoms with Gasteiger partial charge >= 0.3 is 0 Å². The van der Waals surface area contributed by atoms with Gasteiger partial charge in [0, 0.05) is 6.04 Å². The molecule has 1 heteroatoms. The summed E-state index contributed by atoms with van der Waals surface area (Å²) >= 11 is 0. The topological polar surface area (TPSA) is 12.0 Å². The minimum atomic E-state index is 0.107. The standard InChI is InChI=1S/C15H21N/c1-7-13(5)16-14(6)15-9-11(3)10(2)8-12(15)4/h1,8-9,13-14,16H,2-6H3. The maximum Gasteiger partial charge on any atom is 0.0662 e. The predicted octanol–water partition coefficient (Wildman–Crippen LogP) is 3.28. The van der Waals surface area contributed by atoms with E-state index in [9.17, 15) is 0 Å². The van der Waals surface area contributed by atoms with Crippen molar-refractivity contribution < 1.29 is 0 Å². The van der Waals surface area contributed by atoms with Crippen molar-refractivity contribution in [1.29, 1.82) is 0 Å². The third-order valence-electron chi connectivity index (χ3n) is 3.10. The van der Waals surface area contributed by atoms with Crippen LogP contribution in [0, 0.1) is 33.1 Å². The zero-order chi connectivity index (χ0) is 12.3. The Morgan fingerprint density at radius 2 is 1.62 bits per heavy atom. The molecule has 1 aromatic rings. The Labute approximate surface area is 99.3 Å². The molecule has 0 aromatic heterocycles. The number of hydrogen-bond acceptors (Lipinski definition) is 1. The van der Waals surface area contributed by atoms with Crippen LogP contribution in [0.1, 0.15) is 42.1 Å². The van der Waals surface area contributed by atoms with Crippen LogP contribution in [-0.4, -0.2) is 6.04 Å². The van der Waals surface area contributed by atoms with Crippen molar-refractivity contribution >= 4 is 0 Å². The molecule has 1 N–H and O–H groups in total. The normalized spacial score (nSPS) is 14.2. The molecular formula is C15H21N. The average molecular weight is 215 g/mol. The molecule has 0 amide bonds. The fourth-order valence-electron chi connectivity index (χ4n) is 1.96. The lowest BCUT2D eigenvalue weighted by atomic mass is 9.96. The third-order valence-corrected chi connectivity index (χ3v) is 3.10. The lowest BCUT2D eigenvalue weighted by molar-refractivity contribution is 0.544. The second kappa shape index (κ2) is 5.18. The fraction of sp³-hybridized carbons (Fsp3) is 0.467. The number of terminal acetylenes is 1. The maximum atomic E-state index is 5.38. The highest BCUT2D eigenvalue weighted by molar-refractivity contribution is 5.38. The molecule has 0 aliphatic heterocycles. The molecule has 0 bridgehead atoms. The van der Waals surface area contributed by atoms with Gasteiger partial charge in [-0.2, -0.15) is 0 Å². The summed E-state index contributed by atoms with van der Waals surface area (Å²) in [6.07, 6.45) is 5.38. The number of aryl methyl sites for hydroxylation is 3. The predicted molar refractivity (Wildman–Crippen MR) is 70.5 cm³/mol. The van der Waals surface area contributed by atoms with Gasteiger partial charge < -0.3 is 0 Å². The number of rotatable bonds is 3. The molecule has 0 spiro atoms. The van der Waals surface area contributed by atoms with E-state index in [0.29, 0.717) is 6.04 Å². The van der Waals surface area contributed by atoms with Gasteiger partial charge in [0.15, 0.2) is 0 Å². The van der Waals surface area contributed by atoms with Gasteiger partial charge in [-0.05, 0) is 56.9 Å². The summed E-state index contributed by atoms with van der Waals surface area (Å²) in [6.45, 7) is 10.6. The molecule has 0 radical (unpaired) electrons. The van der Waals surface area contributed by atoms with Crippen LogP contribution < -0.4 is 5.32 Å². The molecule has 1 rings (SSSR count). The van der Waals surface area contributed by atoms with Crippen molar-refractivity contribution in [2.45, 2.75) is 46.7 Å². The van der Waals surface area contributed by atoms with Crippen molar-refractivity contribution in [3.05, 3.63) is 34.4 Å². The molecule has 0 saturated carbocycles. The van der Waals surface area contributed by atoms with Gasteiger partial charge in [-0.25, -0.2) is 0 Å². The first kappa shape index (κ1) is 12.8. The van der Waals surface area contributed by atoms with Crippen molar-refractivity contribution in [3.63, 3.8) is 0 Å². The van der Waals surface area contributed by atoms with E-state index >= 15 is 0 Å². The monoisotopic (exact) mass is 215 g/mol. The van der Waals surface area contributed by atoms with Crippen LogP contribution in [0.4, 0.5) is 0 Å². The first-order valence-corrected chi connectivity index (χ1v) is 5.75. The Hall–Kier alpha value is -1.26. The van der Waals surface area contributed by atoms with Crippen LogP contribution >= 0.6 is 0 Å². The zero-order valence-corrected chi connectivity index (χ0v) is 10.9. The van der Waals surface area contributed by atoms with Crippen molar-refractivity contribution in [2.24, 2.45) is 0 Å². The molecule has 0 aliphatic carbocycles. The molecular weight excluding hydrogens is 194 g/mol. The highest BCUT2D eigenvalue weighted by Crippen LogP contribution is 2.21. The fourth-order valence-corrected chi connectivity index (χ4v) is 1.96. The van der Waals surface area contributed by atoms with Gasteiger partial charge in [-0.3, -0.25) is 5.32 Å². The van der Waals surface area contributed by atoms with Gasteiger partial charge in [0.1, 0.15) is 0 Å². The van der Waals surface area contributed by atoms with E-state index < -0.39 is 0 Å². The highest BCUT2D eigenvalue weighted by atomic mass is 14.9. The quantitative estimate of drug-likeness (QED) is 0.763. The van der Waals surface area contributed by atoms with Crippen LogP contribution in [0.3, 0.4) is 0 Å². The molecule has 86 valence electrons. The van der Waals surface area contributed by atoms with Crippen LogP contribution in [0.2, 0.25) is 0 Å². The Balaban J connectivity index is 2.96. The van der Waals surface area contributed by atoms with Crippen LogP contribution in [0.15, 0.2) is 12.1 Å². The van der Waals surface area contributed by atoms with Crippen LogP contribution in [0.25, 0.3) is 0 Å². The second-order valence-corrected chi connectivity index (χ2v) is 4.57. The van der Waals surface area contributed by atoms with Gasteiger partial charge in [0.2, 0.25) is 0 Å². The summed E-state index contributed by atoms with van der Waals surface area (Å²) in [5.41, 5.74) is 5.35. The molecule has 1 aromatic carbocycles. The third kappa shape index (κ3) is 2.87. The number of hydrogen-bond donors (Lipinski definition) is 1. The summed E-state index contributed by atoms with van der Waals surface area (Å²) in [4.78, 5) is 0. The summed E-state index contributed by atoms with van der Waals surface area (Å²) < 4.78 is 0. The van der Waals surface area contributed by atoms with Crippen LogP contribution in [-0.2, 0) is 0 Å². The minimum absolute atomic E-state index is 0.107. The lowest BCUT2D eigenvalue weighted by Gasteiger charge is -2.20. The molecule has 1 nitrogen and oxygen atoms in total. The summed E-state index contributed by atoms with van der Waals surface area (Å²) in [5, 5.41) is 3.40. The van der Waals surface area contributed by atoms with E-state index in [4.69, 9.17) is 6.42 Å². The zero-order valence-electron chi connectivity index (χ0n) is 10.9. The van der Waals surface area contributed by atoms with E-state index in [-0.39, 0.29) is 6.04 Å². The van der Waals surface area contributed by atoms with E-state index in [1.165, 1.54) is 22.3 Å². The highest BCUT2D eigenvalue weighted by Gasteiger charge is 2.11. The molecule has 16 heavy (non-hydrogen) atoms. The Morgan fingerprint density at radius 1 is 1.06 bits per heavy atom. The average Bonchev–Trinajstić information content (AvgIpc) is 2.23. The molecule has 0 fully saturated rings. The van der Waals surface area contributed by atoms with E-state index in [2.05, 4.69) is 51.1 Å². The Bertz CT molecular complexity index is 412. The first-order valence-electron chi connectivity index (χ1n) is 5.75. The largest absolute Gasteiger partial charge is 0.297 e. The van der Waals surface area contributed by atoms with Gasteiger partial charge in [-0.15, -0.1) is 6.42 Å². The molecule has 0 aliphatic rings. The smallest absolute Gasteiger partial charge is 0.0662 e. The number of nitrogens with one attached hydrogen (secondary N) is 1. The Kier molecular flexibility index (Phi) is 4.15. The molecule has 2 unspecified atom stereocenters. The summed E-state index contributed by atoms with van der Waals surface area (Å²) in [6, 6.07) is 4.90. The van der Waals surface area contributed by atoms with Crippen molar-refractivity contribution in [2.75, 3.05) is 0 Å². The van der Waals surface area contributed by atoms with Gasteiger partial charge in [0.25, 0.3) is 0 Å². The lowest BCUT2D eigenvalue weighted by Crippen LogP contribution is -2.28. The van der Waals surface area contributed by atoms with E-state index in [0.717, 1.165) is 0 Å². The summed E-state index contributed by atoms with van der Waals surface area (Å²) in [5.74, 6) is 2.70. The first-order chi connectivity index (χ1) is 7.45. The summed E-state index contributed by atoms with van der Waals surface area (Å²) in [7, 11) is 0. The minimum Gasteiger partial charge on any atom is -0.297 e. The number of benzene rings is 1. The Morgan fingerprint density at radius 3 is 2.19 bits per heavy atom. The molecule has 2 atom stereocenters. The maximum absolute atomic E-state index is 5.38. The van der Waals surface area contributed by atoms with Gasteiger partial charge in [0.05, 0.1) is 6.04 Å². The molecule has 0 heterocycles. The molecule has 0 saturated heterocycles. The second-order valence-electron chi connectivity index (χ2n) is 4.57. The van der Waals surface area contributed by atoms with Crippen molar-refractivity contribution in [3.8, 4) is 12.3 Å². The van der Waals surface area contributed by atoms with E-state index in [1.807, 2.05) is 6.92 Å². The van der Waals surface area contributed by atoms with Gasteiger partial charge in [-0.1, -0.05) is 18.1 Å². The SMILES string of the molecule is C#CC(C)NC(C)c1cc(C)c(C)cc1C. The van der Waals surface area contributed by atoms with Crippen molar-refractivity contribution in [1.82, 2.24) is 5.32 Å². The van der Waals surface area contributed by atoms with E-state index in [1.54, 1.807) is 0 Å². The van der Waals surface area contributed by atoms with Crippen LogP contribution in [0.5, 0.6) is 0 Å².